The Morgan fingerprint density at radius 2 is 1.41 bits per heavy atom. The van der Waals surface area contributed by atoms with Crippen LogP contribution in [0.25, 0.3) is 0 Å². The number of nitrogens with zero attached hydrogens (tertiary/aromatic N) is 1. The highest BCUT2D eigenvalue weighted by atomic mass is 16.5. The Bertz CT molecular complexity index is 706. The van der Waals surface area contributed by atoms with Gasteiger partial charge >= 0.3 is 0 Å². The van der Waals surface area contributed by atoms with Gasteiger partial charge in [-0.05, 0) is 17.7 Å². The number of carbonyl (C=O) groups is 2. The van der Waals surface area contributed by atoms with Crippen LogP contribution in [0, 0.1) is 0 Å². The van der Waals surface area contributed by atoms with Crippen molar-refractivity contribution in [1.82, 2.24) is 4.90 Å². The van der Waals surface area contributed by atoms with E-state index in [1.54, 1.807) is 24.3 Å². The Morgan fingerprint density at radius 3 is 2.05 bits per heavy atom. The second-order valence-corrected chi connectivity index (χ2v) is 5.65. The molecule has 1 saturated heterocycles. The molecule has 0 aromatic heterocycles. The molecule has 0 bridgehead atoms. The highest BCUT2D eigenvalue weighted by molar-refractivity contribution is 6.21. The number of ether oxygens (including phenoxy) is 1. The molecule has 1 fully saturated rings. The number of imide groups is 1. The monoisotopic (exact) mass is 293 g/mol. The standard InChI is InChI=1S/C18H15NO3/c20-17-13-8-4-5-9-14(13)18(21)19(17)16-11-22-10-15(16)12-6-2-1-3-7-12/h1-9,15-16H,10-11H2/t15-,16+/m0/s1. The topological polar surface area (TPSA) is 46.6 Å². The minimum atomic E-state index is -0.241. The first-order valence-electron chi connectivity index (χ1n) is 7.37. The van der Waals surface area contributed by atoms with Gasteiger partial charge in [0.2, 0.25) is 0 Å². The van der Waals surface area contributed by atoms with Crippen LogP contribution < -0.4 is 0 Å². The van der Waals surface area contributed by atoms with E-state index in [4.69, 9.17) is 4.74 Å². The Morgan fingerprint density at radius 1 is 0.818 bits per heavy atom. The summed E-state index contributed by atoms with van der Waals surface area (Å²) in [6, 6.07) is 16.7. The normalized spacial score (nSPS) is 23.9. The van der Waals surface area contributed by atoms with Crippen LogP contribution in [-0.4, -0.2) is 36.0 Å². The predicted molar refractivity (Wildman–Crippen MR) is 80.7 cm³/mol. The zero-order valence-electron chi connectivity index (χ0n) is 11.9. The molecule has 0 radical (unpaired) electrons. The van der Waals surface area contributed by atoms with E-state index in [2.05, 4.69) is 0 Å². The van der Waals surface area contributed by atoms with Crippen molar-refractivity contribution in [2.75, 3.05) is 13.2 Å². The minimum absolute atomic E-state index is 0.0309. The van der Waals surface area contributed by atoms with Crippen LogP contribution in [0.1, 0.15) is 32.2 Å². The third kappa shape index (κ3) is 1.88. The summed E-state index contributed by atoms with van der Waals surface area (Å²) in [5.74, 6) is -0.391. The van der Waals surface area contributed by atoms with Gasteiger partial charge in [0.25, 0.3) is 11.8 Å². The minimum Gasteiger partial charge on any atom is -0.379 e. The molecule has 0 N–H and O–H groups in total. The highest BCUT2D eigenvalue weighted by Crippen LogP contribution is 2.34. The average Bonchev–Trinajstić information content (AvgIpc) is 3.13. The molecule has 2 aromatic carbocycles. The lowest BCUT2D eigenvalue weighted by atomic mass is 9.93. The summed E-state index contributed by atoms with van der Waals surface area (Å²) >= 11 is 0. The molecule has 2 atom stereocenters. The van der Waals surface area contributed by atoms with Crippen LogP contribution in [0.5, 0.6) is 0 Å². The van der Waals surface area contributed by atoms with Crippen LogP contribution in [0.2, 0.25) is 0 Å². The molecule has 0 spiro atoms. The van der Waals surface area contributed by atoms with Crippen molar-refractivity contribution < 1.29 is 14.3 Å². The molecule has 2 heterocycles. The summed E-state index contributed by atoms with van der Waals surface area (Å²) in [6.45, 7) is 0.924. The van der Waals surface area contributed by atoms with Crippen molar-refractivity contribution in [2.24, 2.45) is 0 Å². The quantitative estimate of drug-likeness (QED) is 0.799. The van der Waals surface area contributed by atoms with Gasteiger partial charge in [-0.25, -0.2) is 0 Å². The maximum absolute atomic E-state index is 12.6. The Hall–Kier alpha value is -2.46. The van der Waals surface area contributed by atoms with Gasteiger partial charge in [0.05, 0.1) is 30.4 Å². The maximum Gasteiger partial charge on any atom is 0.261 e. The van der Waals surface area contributed by atoms with Crippen molar-refractivity contribution in [3.63, 3.8) is 0 Å². The van der Waals surface area contributed by atoms with E-state index >= 15 is 0 Å². The van der Waals surface area contributed by atoms with Crippen LogP contribution in [0.4, 0.5) is 0 Å². The lowest BCUT2D eigenvalue weighted by Crippen LogP contribution is -2.43. The molecule has 0 saturated carbocycles. The predicted octanol–water partition coefficient (Wildman–Crippen LogP) is 2.47. The summed E-state index contributed by atoms with van der Waals surface area (Å²) in [6.07, 6.45) is 0. The summed E-state index contributed by atoms with van der Waals surface area (Å²) in [5, 5.41) is 0. The van der Waals surface area contributed by atoms with E-state index in [1.165, 1.54) is 4.90 Å². The second kappa shape index (κ2) is 5.07. The van der Waals surface area contributed by atoms with Gasteiger partial charge in [-0.3, -0.25) is 14.5 Å². The molecule has 4 nitrogen and oxygen atoms in total. The van der Waals surface area contributed by atoms with Crippen molar-refractivity contribution >= 4 is 11.8 Å². The molecule has 0 unspecified atom stereocenters. The molecule has 22 heavy (non-hydrogen) atoms. The molecular weight excluding hydrogens is 278 g/mol. The average molecular weight is 293 g/mol. The lowest BCUT2D eigenvalue weighted by Gasteiger charge is -2.26. The van der Waals surface area contributed by atoms with Gasteiger partial charge in [-0.15, -0.1) is 0 Å². The third-order valence-corrected chi connectivity index (χ3v) is 4.44. The number of hydrogen-bond donors (Lipinski definition) is 0. The first-order valence-corrected chi connectivity index (χ1v) is 7.37. The molecular formula is C18H15NO3. The van der Waals surface area contributed by atoms with E-state index in [-0.39, 0.29) is 23.8 Å². The van der Waals surface area contributed by atoms with Crippen molar-refractivity contribution in [1.29, 1.82) is 0 Å². The zero-order chi connectivity index (χ0) is 15.1. The number of benzene rings is 2. The van der Waals surface area contributed by atoms with Crippen LogP contribution >= 0.6 is 0 Å². The number of carbonyl (C=O) groups excluding carboxylic acids is 2. The fraction of sp³-hybridized carbons (Fsp3) is 0.222. The van der Waals surface area contributed by atoms with Crippen LogP contribution in [0.3, 0.4) is 0 Å². The van der Waals surface area contributed by atoms with E-state index in [9.17, 15) is 9.59 Å². The van der Waals surface area contributed by atoms with Crippen molar-refractivity contribution in [3.05, 3.63) is 71.3 Å². The zero-order valence-corrected chi connectivity index (χ0v) is 11.9. The number of rotatable bonds is 2. The van der Waals surface area contributed by atoms with Crippen molar-refractivity contribution in [2.45, 2.75) is 12.0 Å². The lowest BCUT2D eigenvalue weighted by molar-refractivity contribution is 0.0558. The summed E-state index contributed by atoms with van der Waals surface area (Å²) in [7, 11) is 0. The Labute approximate surface area is 128 Å². The molecule has 4 heteroatoms. The molecule has 0 aliphatic carbocycles. The molecule has 4 rings (SSSR count). The smallest absolute Gasteiger partial charge is 0.261 e. The van der Waals surface area contributed by atoms with E-state index < -0.39 is 0 Å². The van der Waals surface area contributed by atoms with E-state index in [0.29, 0.717) is 24.3 Å². The molecule has 110 valence electrons. The summed E-state index contributed by atoms with van der Waals surface area (Å²) in [5.41, 5.74) is 2.08. The molecule has 2 amide bonds. The number of fused-ring (bicyclic) bond motifs is 1. The second-order valence-electron chi connectivity index (χ2n) is 5.65. The first kappa shape index (κ1) is 13.2. The van der Waals surface area contributed by atoms with Gasteiger partial charge in [0.1, 0.15) is 0 Å². The molecule has 2 aliphatic heterocycles. The van der Waals surface area contributed by atoms with Crippen LogP contribution in [-0.2, 0) is 4.74 Å². The van der Waals surface area contributed by atoms with Gasteiger partial charge < -0.3 is 4.74 Å². The van der Waals surface area contributed by atoms with E-state index in [0.717, 1.165) is 5.56 Å². The summed E-state index contributed by atoms with van der Waals surface area (Å²) in [4.78, 5) is 26.6. The molecule has 2 aliphatic rings. The SMILES string of the molecule is O=C1c2ccccc2C(=O)N1[C@@H]1COC[C@H]1c1ccccc1. The Balaban J connectivity index is 1.71. The number of hydrogen-bond acceptors (Lipinski definition) is 3. The molecule has 2 aromatic rings. The summed E-state index contributed by atoms with van der Waals surface area (Å²) < 4.78 is 5.59. The highest BCUT2D eigenvalue weighted by Gasteiger charge is 2.45. The first-order chi connectivity index (χ1) is 10.8. The fourth-order valence-corrected chi connectivity index (χ4v) is 3.33. The van der Waals surface area contributed by atoms with Crippen molar-refractivity contribution in [3.8, 4) is 0 Å². The van der Waals surface area contributed by atoms with Gasteiger partial charge in [-0.2, -0.15) is 0 Å². The Kier molecular flexibility index (Phi) is 3.05. The third-order valence-electron chi connectivity index (χ3n) is 4.44. The maximum atomic E-state index is 12.6. The fourth-order valence-electron chi connectivity index (χ4n) is 3.33. The largest absolute Gasteiger partial charge is 0.379 e. The van der Waals surface area contributed by atoms with Crippen LogP contribution in [0.15, 0.2) is 54.6 Å². The number of amides is 2. The van der Waals surface area contributed by atoms with Gasteiger partial charge in [0.15, 0.2) is 0 Å². The van der Waals surface area contributed by atoms with Gasteiger partial charge in [-0.1, -0.05) is 42.5 Å². The van der Waals surface area contributed by atoms with Gasteiger partial charge in [0, 0.05) is 5.92 Å². The van der Waals surface area contributed by atoms with E-state index in [1.807, 2.05) is 30.3 Å².